The van der Waals surface area contributed by atoms with Crippen molar-refractivity contribution < 1.29 is 27.8 Å². The number of carbonyl (C=O) groups excluding carboxylic acids is 1. The van der Waals surface area contributed by atoms with Gasteiger partial charge in [0.1, 0.15) is 5.82 Å². The number of halogens is 3. The number of rotatable bonds is 4. The molecule has 2 aromatic heterocycles. The number of aromatic nitrogens is 2. The summed E-state index contributed by atoms with van der Waals surface area (Å²) >= 11 is 1.60. The molecule has 3 aromatic rings. The van der Waals surface area contributed by atoms with Crippen molar-refractivity contribution in [3.8, 4) is 11.8 Å². The Morgan fingerprint density at radius 2 is 2.08 bits per heavy atom. The highest BCUT2D eigenvalue weighted by atomic mass is 32.1. The topological polar surface area (TPSA) is 95.5 Å². The van der Waals surface area contributed by atoms with Crippen LogP contribution in [-0.2, 0) is 34.1 Å². The molecule has 1 aromatic carbocycles. The average Bonchev–Trinajstić information content (AvgIpc) is 3.63. The van der Waals surface area contributed by atoms with Crippen LogP contribution in [0.25, 0.3) is 0 Å². The number of amides is 1. The highest BCUT2D eigenvalue weighted by Gasteiger charge is 2.50. The van der Waals surface area contributed by atoms with E-state index in [1.165, 1.54) is 11.0 Å². The number of thiophene rings is 1. The zero-order valence-corrected chi connectivity index (χ0v) is 22.2. The number of nitrogens with zero attached hydrogens (tertiary/aromatic N) is 2. The normalized spacial score (nSPS) is 19.1. The third-order valence-corrected chi connectivity index (χ3v) is 8.83. The van der Waals surface area contributed by atoms with Crippen LogP contribution in [0.15, 0.2) is 40.5 Å². The van der Waals surface area contributed by atoms with Gasteiger partial charge in [0.2, 0.25) is 0 Å². The molecular weight excluding hydrogens is 543 g/mol. The largest absolute Gasteiger partial charge is 0.416 e. The number of hydrogen-bond acceptors (Lipinski definition) is 6. The van der Waals surface area contributed by atoms with Crippen molar-refractivity contribution in [3.63, 3.8) is 0 Å². The van der Waals surface area contributed by atoms with Gasteiger partial charge < -0.3 is 19.7 Å². The molecule has 1 unspecified atom stereocenters. The molecule has 4 heterocycles. The number of aromatic amines is 1. The third-order valence-electron chi connectivity index (χ3n) is 7.70. The minimum Gasteiger partial charge on any atom is -0.379 e. The Balaban J connectivity index is 1.22. The van der Waals surface area contributed by atoms with Gasteiger partial charge in [-0.3, -0.25) is 9.59 Å². The maximum atomic E-state index is 13.3. The third kappa shape index (κ3) is 5.07. The molecule has 1 saturated heterocycles. The van der Waals surface area contributed by atoms with Gasteiger partial charge in [0.15, 0.2) is 6.10 Å². The van der Waals surface area contributed by atoms with Crippen LogP contribution in [0.3, 0.4) is 0 Å². The molecular formula is C29H26F3N3O4S. The molecule has 208 valence electrons. The number of H-pyrrole nitrogens is 1. The molecule has 0 spiro atoms. The van der Waals surface area contributed by atoms with Gasteiger partial charge in [-0.15, -0.1) is 11.3 Å². The van der Waals surface area contributed by atoms with Crippen molar-refractivity contribution in [1.29, 1.82) is 0 Å². The average molecular weight is 570 g/mol. The maximum Gasteiger partial charge on any atom is 0.416 e. The lowest BCUT2D eigenvalue weighted by Crippen LogP contribution is -2.36. The minimum absolute atomic E-state index is 0.0799. The minimum atomic E-state index is -4.60. The number of aliphatic hydroxyl groups is 1. The molecule has 2 aliphatic heterocycles. The van der Waals surface area contributed by atoms with E-state index in [0.717, 1.165) is 41.5 Å². The summed E-state index contributed by atoms with van der Waals surface area (Å²) < 4.78 is 44.6. The van der Waals surface area contributed by atoms with Crippen molar-refractivity contribution in [2.24, 2.45) is 5.92 Å². The molecule has 3 aliphatic rings. The molecule has 6 rings (SSSR count). The SMILES string of the molecule is O=C(C(O)c1cccc(C(F)(F)F)c1)N1CCCc2nc(C3(c4cc(C#CC5COC5)cs4)CC3)[nH]c(=O)c2C1. The summed E-state index contributed by atoms with van der Waals surface area (Å²) in [5.74, 6) is 6.55. The molecule has 0 bridgehead atoms. The Labute approximate surface area is 232 Å². The predicted octanol–water partition coefficient (Wildman–Crippen LogP) is 3.94. The fourth-order valence-electron chi connectivity index (χ4n) is 5.12. The van der Waals surface area contributed by atoms with E-state index in [9.17, 15) is 27.9 Å². The first-order chi connectivity index (χ1) is 19.1. The lowest BCUT2D eigenvalue weighted by molar-refractivity contribution is -0.142. The van der Waals surface area contributed by atoms with Crippen molar-refractivity contribution in [2.45, 2.75) is 49.9 Å². The number of nitrogens with one attached hydrogen (secondary N) is 1. The first-order valence-corrected chi connectivity index (χ1v) is 14.0. The van der Waals surface area contributed by atoms with Crippen molar-refractivity contribution >= 4 is 17.2 Å². The van der Waals surface area contributed by atoms with Gasteiger partial charge in [0, 0.05) is 22.4 Å². The van der Waals surface area contributed by atoms with E-state index >= 15 is 0 Å². The Morgan fingerprint density at radius 3 is 2.77 bits per heavy atom. The number of carbonyl (C=O) groups is 1. The number of hydrogen-bond donors (Lipinski definition) is 2. The zero-order valence-electron chi connectivity index (χ0n) is 21.4. The van der Waals surface area contributed by atoms with Gasteiger partial charge in [0.25, 0.3) is 11.5 Å². The monoisotopic (exact) mass is 569 g/mol. The van der Waals surface area contributed by atoms with Crippen LogP contribution in [-0.4, -0.2) is 45.6 Å². The van der Waals surface area contributed by atoms with E-state index in [-0.39, 0.29) is 35.5 Å². The smallest absolute Gasteiger partial charge is 0.379 e. The van der Waals surface area contributed by atoms with E-state index in [2.05, 4.69) is 22.9 Å². The van der Waals surface area contributed by atoms with Crippen LogP contribution in [0.4, 0.5) is 13.2 Å². The van der Waals surface area contributed by atoms with Crippen LogP contribution in [0.5, 0.6) is 0 Å². The molecule has 1 saturated carbocycles. The summed E-state index contributed by atoms with van der Waals surface area (Å²) in [5, 5.41) is 12.7. The second-order valence-corrected chi connectivity index (χ2v) is 11.4. The Kier molecular flexibility index (Phi) is 6.81. The quantitative estimate of drug-likeness (QED) is 0.465. The highest BCUT2D eigenvalue weighted by Crippen LogP contribution is 2.54. The molecule has 11 heteroatoms. The van der Waals surface area contributed by atoms with Crippen LogP contribution >= 0.6 is 11.3 Å². The number of aliphatic hydroxyl groups excluding tert-OH is 1. The second-order valence-electron chi connectivity index (χ2n) is 10.5. The predicted molar refractivity (Wildman–Crippen MR) is 141 cm³/mol. The Morgan fingerprint density at radius 1 is 1.27 bits per heavy atom. The molecule has 0 radical (unpaired) electrons. The summed E-state index contributed by atoms with van der Waals surface area (Å²) in [6.07, 6.45) is -3.70. The summed E-state index contributed by atoms with van der Waals surface area (Å²) in [4.78, 5) is 36.6. The van der Waals surface area contributed by atoms with Gasteiger partial charge in [-0.1, -0.05) is 24.0 Å². The van der Waals surface area contributed by atoms with Gasteiger partial charge in [-0.25, -0.2) is 4.98 Å². The van der Waals surface area contributed by atoms with E-state index in [1.807, 2.05) is 5.38 Å². The van der Waals surface area contributed by atoms with Crippen LogP contribution in [0.1, 0.15) is 64.0 Å². The molecule has 7 nitrogen and oxygen atoms in total. The van der Waals surface area contributed by atoms with Crippen LogP contribution < -0.4 is 5.56 Å². The molecule has 2 N–H and O–H groups in total. The highest BCUT2D eigenvalue weighted by molar-refractivity contribution is 7.10. The van der Waals surface area contributed by atoms with Crippen molar-refractivity contribution in [1.82, 2.24) is 14.9 Å². The first kappa shape index (κ1) is 26.7. The zero-order chi connectivity index (χ0) is 28.1. The molecule has 40 heavy (non-hydrogen) atoms. The lowest BCUT2D eigenvalue weighted by atomic mass is 10.0. The fourth-order valence-corrected chi connectivity index (χ4v) is 6.22. The first-order valence-electron chi connectivity index (χ1n) is 13.1. The van der Waals surface area contributed by atoms with Gasteiger partial charge in [-0.05, 0) is 49.4 Å². The van der Waals surface area contributed by atoms with E-state index < -0.39 is 23.8 Å². The second kappa shape index (κ2) is 10.2. The number of alkyl halides is 3. The van der Waals surface area contributed by atoms with Crippen LogP contribution in [0.2, 0.25) is 0 Å². The summed E-state index contributed by atoms with van der Waals surface area (Å²) in [5.41, 5.74) is 0.0729. The summed E-state index contributed by atoms with van der Waals surface area (Å²) in [6.45, 7) is 1.50. The van der Waals surface area contributed by atoms with E-state index in [4.69, 9.17) is 9.72 Å². The lowest BCUT2D eigenvalue weighted by Gasteiger charge is -2.24. The van der Waals surface area contributed by atoms with Crippen molar-refractivity contribution in [3.05, 3.63) is 84.7 Å². The molecule has 1 amide bonds. The van der Waals surface area contributed by atoms with E-state index in [0.29, 0.717) is 43.1 Å². The Hall–Kier alpha value is -3.46. The van der Waals surface area contributed by atoms with Gasteiger partial charge in [0.05, 0.1) is 47.9 Å². The van der Waals surface area contributed by atoms with Crippen LogP contribution in [0, 0.1) is 17.8 Å². The van der Waals surface area contributed by atoms with Crippen molar-refractivity contribution in [2.75, 3.05) is 19.8 Å². The summed E-state index contributed by atoms with van der Waals surface area (Å²) in [6, 6.07) is 6.15. The fraction of sp³-hybridized carbons (Fsp3) is 0.414. The Bertz CT molecular complexity index is 1580. The molecule has 2 fully saturated rings. The number of benzene rings is 1. The number of aryl methyl sites for hydroxylation is 1. The van der Waals surface area contributed by atoms with Gasteiger partial charge in [-0.2, -0.15) is 13.2 Å². The maximum absolute atomic E-state index is 13.3. The molecule has 1 atom stereocenters. The standard InChI is InChI=1S/C29H26F3N3O4S/c30-29(31,32)20-4-1-3-19(12-20)24(36)26(38)35-10-2-5-22-21(13-35)25(37)34-27(33-22)28(8-9-28)23-11-17(16-40-23)6-7-18-14-39-15-18/h1,3-4,11-12,16,18,24,36H,2,5,8-10,13-15H2,(H,33,34,37). The van der Waals surface area contributed by atoms with E-state index in [1.54, 1.807) is 11.3 Å². The number of ether oxygens (including phenoxy) is 1. The summed E-state index contributed by atoms with van der Waals surface area (Å²) in [7, 11) is 0. The molecule has 1 aliphatic carbocycles. The number of fused-ring (bicyclic) bond motifs is 1. The van der Waals surface area contributed by atoms with Gasteiger partial charge >= 0.3 is 6.18 Å².